The van der Waals surface area contributed by atoms with E-state index in [1.165, 1.54) is 18.2 Å². The van der Waals surface area contributed by atoms with Crippen LogP contribution in [0.25, 0.3) is 11.3 Å². The smallest absolute Gasteiger partial charge is 0.335 e. The topological polar surface area (TPSA) is 93.5 Å². The average Bonchev–Trinajstić information content (AvgIpc) is 3.44. The van der Waals surface area contributed by atoms with Crippen molar-refractivity contribution in [3.8, 4) is 22.8 Å². The Kier molecular flexibility index (Phi) is 9.80. The van der Waals surface area contributed by atoms with E-state index >= 15 is 0 Å². The molecule has 1 atom stereocenters. The van der Waals surface area contributed by atoms with Crippen LogP contribution < -0.4 is 10.1 Å². The van der Waals surface area contributed by atoms with Crippen molar-refractivity contribution < 1.29 is 28.2 Å². The van der Waals surface area contributed by atoms with Gasteiger partial charge in [-0.15, -0.1) is 0 Å². The third-order valence-corrected chi connectivity index (χ3v) is 7.62. The van der Waals surface area contributed by atoms with Crippen molar-refractivity contribution in [1.82, 2.24) is 14.9 Å². The predicted octanol–water partition coefficient (Wildman–Crippen LogP) is 8.29. The first kappa shape index (κ1) is 31.7. The Bertz CT molecular complexity index is 1840. The minimum Gasteiger partial charge on any atom is -0.478 e. The van der Waals surface area contributed by atoms with Gasteiger partial charge in [0.25, 0.3) is 0 Å². The third kappa shape index (κ3) is 7.87. The predicted molar refractivity (Wildman–Crippen MR) is 168 cm³/mol. The highest BCUT2D eigenvalue weighted by Gasteiger charge is 2.23. The van der Waals surface area contributed by atoms with Gasteiger partial charge in [-0.3, -0.25) is 4.79 Å². The maximum Gasteiger partial charge on any atom is 0.335 e. The van der Waals surface area contributed by atoms with Gasteiger partial charge in [0, 0.05) is 29.4 Å². The number of benzene rings is 4. The Labute approximate surface area is 268 Å². The number of carbonyl (C=O) groups excluding carboxylic acids is 1. The molecule has 0 aliphatic carbocycles. The summed E-state index contributed by atoms with van der Waals surface area (Å²) in [7, 11) is 0. The molecule has 0 spiro atoms. The zero-order valence-electron chi connectivity index (χ0n) is 23.9. The zero-order valence-corrected chi connectivity index (χ0v) is 25.4. The van der Waals surface area contributed by atoms with Gasteiger partial charge in [0.1, 0.15) is 29.0 Å². The molecule has 0 aliphatic heterocycles. The summed E-state index contributed by atoms with van der Waals surface area (Å²) < 4.78 is 35.5. The normalized spacial score (nSPS) is 11.7. The van der Waals surface area contributed by atoms with Crippen molar-refractivity contribution in [3.63, 3.8) is 0 Å². The molecule has 11 heteroatoms. The van der Waals surface area contributed by atoms with E-state index in [1.807, 2.05) is 29.8 Å². The fourth-order valence-corrected chi connectivity index (χ4v) is 5.32. The van der Waals surface area contributed by atoms with E-state index in [1.54, 1.807) is 42.5 Å². The van der Waals surface area contributed by atoms with Crippen LogP contribution in [0.2, 0.25) is 10.0 Å². The van der Waals surface area contributed by atoms with Gasteiger partial charge in [-0.1, -0.05) is 41.4 Å². The second-order valence-corrected chi connectivity index (χ2v) is 11.1. The first-order valence-corrected chi connectivity index (χ1v) is 14.7. The molecule has 0 saturated carbocycles. The van der Waals surface area contributed by atoms with Crippen LogP contribution in [0.3, 0.4) is 0 Å². The zero-order chi connectivity index (χ0) is 32.1. The Morgan fingerprint density at radius 2 is 1.64 bits per heavy atom. The number of halogens is 4. The van der Waals surface area contributed by atoms with Crippen LogP contribution in [0.1, 0.15) is 40.3 Å². The number of amides is 1. The van der Waals surface area contributed by atoms with E-state index in [4.69, 9.17) is 38.0 Å². The lowest BCUT2D eigenvalue weighted by Gasteiger charge is -2.20. The van der Waals surface area contributed by atoms with Crippen LogP contribution in [0.15, 0.2) is 91.1 Å². The number of hydrogen-bond donors (Lipinski definition) is 2. The summed E-state index contributed by atoms with van der Waals surface area (Å²) in [6.45, 7) is 2.49. The molecule has 2 N–H and O–H groups in total. The van der Waals surface area contributed by atoms with Crippen molar-refractivity contribution in [2.24, 2.45) is 0 Å². The van der Waals surface area contributed by atoms with Crippen molar-refractivity contribution in [3.05, 3.63) is 135 Å². The summed E-state index contributed by atoms with van der Waals surface area (Å²) in [4.78, 5) is 29.2. The highest BCUT2D eigenvalue weighted by Crippen LogP contribution is 2.32. The summed E-state index contributed by atoms with van der Waals surface area (Å²) in [5.41, 5.74) is 2.33. The number of nitrogens with one attached hydrogen (secondary N) is 1. The standard InChI is InChI=1S/C34H27Cl2F2N3O4/c1-2-41-19-31(27-14-8-23(35)17-28(27)36)40-33(41)30(39-32(42)16-22-5-9-24(37)18-29(22)38)15-20-3-10-25(11-4-20)45-26-12-6-21(7-13-26)34(43)44/h3-14,17-19,30H,2,15-16H2,1H3,(H,39,42)(H,43,44)/t30-/m0/s1. The number of carboxylic acids is 1. The van der Waals surface area contributed by atoms with Crippen LogP contribution in [-0.4, -0.2) is 26.5 Å². The van der Waals surface area contributed by atoms with Gasteiger partial charge in [-0.05, 0) is 85.1 Å². The van der Waals surface area contributed by atoms with Crippen molar-refractivity contribution >= 4 is 35.1 Å². The first-order chi connectivity index (χ1) is 21.6. The highest BCUT2D eigenvalue weighted by atomic mass is 35.5. The van der Waals surface area contributed by atoms with Gasteiger partial charge in [0.05, 0.1) is 28.7 Å². The van der Waals surface area contributed by atoms with Gasteiger partial charge in [0.15, 0.2) is 0 Å². The number of rotatable bonds is 11. The van der Waals surface area contributed by atoms with Crippen molar-refractivity contribution in [2.45, 2.75) is 32.4 Å². The third-order valence-electron chi connectivity index (χ3n) is 7.07. The van der Waals surface area contributed by atoms with E-state index in [2.05, 4.69) is 5.32 Å². The van der Waals surface area contributed by atoms with Gasteiger partial charge in [-0.25, -0.2) is 18.6 Å². The van der Waals surface area contributed by atoms with E-state index in [9.17, 15) is 18.4 Å². The van der Waals surface area contributed by atoms with Gasteiger partial charge < -0.3 is 19.7 Å². The maximum absolute atomic E-state index is 14.3. The van der Waals surface area contributed by atoms with Crippen molar-refractivity contribution in [1.29, 1.82) is 0 Å². The van der Waals surface area contributed by atoms with E-state index in [0.717, 1.165) is 17.7 Å². The van der Waals surface area contributed by atoms with Crippen molar-refractivity contribution in [2.75, 3.05) is 0 Å². The summed E-state index contributed by atoms with van der Waals surface area (Å²) in [5.74, 6) is -1.45. The lowest BCUT2D eigenvalue weighted by atomic mass is 10.0. The van der Waals surface area contributed by atoms with Crippen LogP contribution in [-0.2, 0) is 24.2 Å². The second-order valence-electron chi connectivity index (χ2n) is 10.2. The second kappa shape index (κ2) is 13.9. The van der Waals surface area contributed by atoms with E-state index < -0.39 is 29.6 Å². The van der Waals surface area contributed by atoms with Gasteiger partial charge in [-0.2, -0.15) is 0 Å². The quantitative estimate of drug-likeness (QED) is 0.150. The Hall–Kier alpha value is -4.73. The Morgan fingerprint density at radius 1 is 0.956 bits per heavy atom. The molecule has 7 nitrogen and oxygen atoms in total. The number of nitrogens with zero attached hydrogens (tertiary/aromatic N) is 2. The molecular formula is C34H27Cl2F2N3O4. The number of aromatic carboxylic acids is 1. The molecule has 0 fully saturated rings. The fraction of sp³-hybridized carbons (Fsp3) is 0.147. The van der Waals surface area contributed by atoms with Gasteiger partial charge in [0.2, 0.25) is 5.91 Å². The monoisotopic (exact) mass is 649 g/mol. The van der Waals surface area contributed by atoms with Crippen LogP contribution in [0, 0.1) is 11.6 Å². The SMILES string of the molecule is CCn1cc(-c2ccc(Cl)cc2Cl)nc1[C@H](Cc1ccc(Oc2ccc(C(=O)O)cc2)cc1)NC(=O)Cc1ccc(F)cc1F. The molecule has 230 valence electrons. The molecule has 5 rings (SSSR count). The number of aryl methyl sites for hydroxylation is 1. The summed E-state index contributed by atoms with van der Waals surface area (Å²) in [6.07, 6.45) is 1.88. The largest absolute Gasteiger partial charge is 0.478 e. The lowest BCUT2D eigenvalue weighted by molar-refractivity contribution is -0.121. The molecule has 0 unspecified atom stereocenters. The number of hydrogen-bond acceptors (Lipinski definition) is 4. The number of carboxylic acid groups (broad SMARTS) is 1. The van der Waals surface area contributed by atoms with Crippen LogP contribution >= 0.6 is 23.2 Å². The molecule has 0 bridgehead atoms. The average molecular weight is 651 g/mol. The first-order valence-electron chi connectivity index (χ1n) is 14.0. The molecule has 1 heterocycles. The van der Waals surface area contributed by atoms with Gasteiger partial charge >= 0.3 is 5.97 Å². The molecule has 1 aromatic heterocycles. The summed E-state index contributed by atoms with van der Waals surface area (Å²) in [5, 5.41) is 13.0. The van der Waals surface area contributed by atoms with E-state index in [-0.39, 0.29) is 17.5 Å². The fourth-order valence-electron chi connectivity index (χ4n) is 4.81. The van der Waals surface area contributed by atoms with Crippen LogP contribution in [0.4, 0.5) is 8.78 Å². The molecule has 0 aliphatic rings. The molecular weight excluding hydrogens is 623 g/mol. The minimum absolute atomic E-state index is 0.0676. The molecule has 0 saturated heterocycles. The minimum atomic E-state index is -1.03. The Morgan fingerprint density at radius 3 is 2.27 bits per heavy atom. The van der Waals surface area contributed by atoms with E-state index in [0.29, 0.717) is 51.6 Å². The Balaban J connectivity index is 1.41. The lowest BCUT2D eigenvalue weighted by Crippen LogP contribution is -2.33. The molecule has 5 aromatic rings. The molecule has 0 radical (unpaired) electrons. The summed E-state index contributed by atoms with van der Waals surface area (Å²) >= 11 is 12.6. The molecule has 1 amide bonds. The number of imidazole rings is 1. The molecule has 45 heavy (non-hydrogen) atoms. The number of ether oxygens (including phenoxy) is 1. The number of aromatic nitrogens is 2. The van der Waals surface area contributed by atoms with Crippen LogP contribution in [0.5, 0.6) is 11.5 Å². The summed E-state index contributed by atoms with van der Waals surface area (Å²) in [6, 6.07) is 20.9. The highest BCUT2D eigenvalue weighted by molar-refractivity contribution is 6.36. The maximum atomic E-state index is 14.3. The number of carbonyl (C=O) groups is 2. The molecule has 4 aromatic carbocycles.